The van der Waals surface area contributed by atoms with Crippen LogP contribution in [-0.2, 0) is 13.0 Å². The fraction of sp³-hybridized carbons (Fsp3) is 0.310. The predicted octanol–water partition coefficient (Wildman–Crippen LogP) is 5.87. The quantitative estimate of drug-likeness (QED) is 0.288. The number of fused-ring (bicyclic) bond motifs is 1. The van der Waals surface area contributed by atoms with Crippen LogP contribution in [0.5, 0.6) is 5.75 Å². The second-order valence-electron chi connectivity index (χ2n) is 8.71. The number of unbranched alkanes of at least 4 members (excludes halogenated alkanes) is 2. The largest absolute Gasteiger partial charge is 0.491 e. The smallest absolute Gasteiger partial charge is 0.251 e. The monoisotopic (exact) mass is 455 g/mol. The summed E-state index contributed by atoms with van der Waals surface area (Å²) in [6.45, 7) is 6.14. The standard InChI is InChI=1S/C29H33N3O2/c1-22-15-17-24(18-16-22)29(33)30-19-9-3-4-14-28-31-25-11-6-7-12-26(25)32(28)20-21-34-27-13-8-5-10-23(27)2/h5-8,10-13,15-18H,3-4,9,14,19-21H2,1-2H3,(H,30,33). The Balaban J connectivity index is 1.27. The Bertz CT molecular complexity index is 1230. The maximum Gasteiger partial charge on any atom is 0.251 e. The zero-order valence-corrected chi connectivity index (χ0v) is 20.1. The third kappa shape index (κ3) is 6.04. The van der Waals surface area contributed by atoms with Gasteiger partial charge >= 0.3 is 0 Å². The van der Waals surface area contributed by atoms with Gasteiger partial charge in [0, 0.05) is 18.5 Å². The Morgan fingerprint density at radius 3 is 2.50 bits per heavy atom. The van der Waals surface area contributed by atoms with E-state index in [1.54, 1.807) is 0 Å². The number of nitrogens with one attached hydrogen (secondary N) is 1. The molecular weight excluding hydrogens is 422 g/mol. The highest BCUT2D eigenvalue weighted by Gasteiger charge is 2.11. The van der Waals surface area contributed by atoms with Gasteiger partial charge in [0.2, 0.25) is 0 Å². The van der Waals surface area contributed by atoms with Gasteiger partial charge in [-0.3, -0.25) is 4.79 Å². The number of hydrogen-bond acceptors (Lipinski definition) is 3. The van der Waals surface area contributed by atoms with Crippen LogP contribution in [0.4, 0.5) is 0 Å². The lowest BCUT2D eigenvalue weighted by Crippen LogP contribution is -2.24. The van der Waals surface area contributed by atoms with Crippen LogP contribution < -0.4 is 10.1 Å². The summed E-state index contributed by atoms with van der Waals surface area (Å²) in [6, 6.07) is 24.1. The molecule has 0 spiro atoms. The molecule has 0 aliphatic heterocycles. The highest BCUT2D eigenvalue weighted by molar-refractivity contribution is 5.94. The van der Waals surface area contributed by atoms with Crippen molar-refractivity contribution in [2.75, 3.05) is 13.2 Å². The molecule has 4 rings (SSSR count). The summed E-state index contributed by atoms with van der Waals surface area (Å²) in [5, 5.41) is 3.02. The van der Waals surface area contributed by atoms with Crippen LogP contribution in [0.15, 0.2) is 72.8 Å². The maximum absolute atomic E-state index is 12.2. The molecule has 0 saturated heterocycles. The SMILES string of the molecule is Cc1ccc(C(=O)NCCCCCc2nc3ccccc3n2CCOc2ccccc2C)cc1. The van der Waals surface area contributed by atoms with Crippen LogP contribution in [0, 0.1) is 13.8 Å². The number of ether oxygens (including phenoxy) is 1. The topological polar surface area (TPSA) is 56.2 Å². The Hall–Kier alpha value is -3.60. The number of hydrogen-bond donors (Lipinski definition) is 1. The average molecular weight is 456 g/mol. The van der Waals surface area contributed by atoms with E-state index in [0.717, 1.165) is 66.0 Å². The zero-order valence-electron chi connectivity index (χ0n) is 20.1. The molecule has 0 bridgehead atoms. The van der Waals surface area contributed by atoms with Crippen molar-refractivity contribution in [3.8, 4) is 5.75 Å². The molecule has 0 aliphatic carbocycles. The van der Waals surface area contributed by atoms with Crippen LogP contribution in [-0.4, -0.2) is 28.6 Å². The van der Waals surface area contributed by atoms with E-state index in [4.69, 9.17) is 9.72 Å². The number of aromatic nitrogens is 2. The van der Waals surface area contributed by atoms with Gasteiger partial charge in [0.25, 0.3) is 5.91 Å². The second-order valence-corrected chi connectivity index (χ2v) is 8.71. The predicted molar refractivity (Wildman–Crippen MR) is 137 cm³/mol. The molecule has 1 aromatic heterocycles. The number of aryl methyl sites for hydroxylation is 3. The molecule has 1 N–H and O–H groups in total. The minimum Gasteiger partial charge on any atom is -0.491 e. The third-order valence-corrected chi connectivity index (χ3v) is 6.08. The summed E-state index contributed by atoms with van der Waals surface area (Å²) >= 11 is 0. The van der Waals surface area contributed by atoms with Crippen molar-refractivity contribution in [3.05, 3.63) is 95.3 Å². The first kappa shape index (κ1) is 23.6. The molecule has 176 valence electrons. The van der Waals surface area contributed by atoms with Crippen molar-refractivity contribution in [1.29, 1.82) is 0 Å². The second kappa shape index (κ2) is 11.5. The van der Waals surface area contributed by atoms with Crippen molar-refractivity contribution < 1.29 is 9.53 Å². The molecule has 0 aliphatic rings. The van der Waals surface area contributed by atoms with Crippen LogP contribution in [0.2, 0.25) is 0 Å². The summed E-state index contributed by atoms with van der Waals surface area (Å²) in [5.41, 5.74) is 5.19. The van der Waals surface area contributed by atoms with Crippen LogP contribution >= 0.6 is 0 Å². The number of rotatable bonds is 11. The number of para-hydroxylation sites is 3. The molecule has 0 fully saturated rings. The normalized spacial score (nSPS) is 11.0. The summed E-state index contributed by atoms with van der Waals surface area (Å²) in [7, 11) is 0. The summed E-state index contributed by atoms with van der Waals surface area (Å²) in [4.78, 5) is 17.1. The zero-order chi connectivity index (χ0) is 23.8. The Kier molecular flexibility index (Phi) is 7.97. The van der Waals surface area contributed by atoms with Crippen LogP contribution in [0.25, 0.3) is 11.0 Å². The maximum atomic E-state index is 12.2. The highest BCUT2D eigenvalue weighted by atomic mass is 16.5. The first-order chi connectivity index (χ1) is 16.6. The van der Waals surface area contributed by atoms with E-state index in [-0.39, 0.29) is 5.91 Å². The lowest BCUT2D eigenvalue weighted by atomic mass is 10.1. The molecule has 0 radical (unpaired) electrons. The Morgan fingerprint density at radius 1 is 0.912 bits per heavy atom. The Morgan fingerprint density at radius 2 is 1.68 bits per heavy atom. The molecule has 0 unspecified atom stereocenters. The molecule has 5 heteroatoms. The van der Waals surface area contributed by atoms with Crippen LogP contribution in [0.1, 0.15) is 46.6 Å². The van der Waals surface area contributed by atoms with Gasteiger partial charge in [0.15, 0.2) is 0 Å². The van der Waals surface area contributed by atoms with Gasteiger partial charge in [-0.1, -0.05) is 54.4 Å². The fourth-order valence-electron chi connectivity index (χ4n) is 4.12. The average Bonchev–Trinajstić information content (AvgIpc) is 3.20. The van der Waals surface area contributed by atoms with E-state index in [9.17, 15) is 4.79 Å². The van der Waals surface area contributed by atoms with E-state index in [0.29, 0.717) is 18.7 Å². The number of imidazole rings is 1. The van der Waals surface area contributed by atoms with Gasteiger partial charge in [-0.2, -0.15) is 0 Å². The van der Waals surface area contributed by atoms with Crippen LogP contribution in [0.3, 0.4) is 0 Å². The van der Waals surface area contributed by atoms with E-state index in [1.165, 1.54) is 0 Å². The van der Waals surface area contributed by atoms with E-state index in [2.05, 4.69) is 41.1 Å². The van der Waals surface area contributed by atoms with E-state index < -0.39 is 0 Å². The van der Waals surface area contributed by atoms with E-state index >= 15 is 0 Å². The number of nitrogens with zero attached hydrogens (tertiary/aromatic N) is 2. The molecule has 5 nitrogen and oxygen atoms in total. The molecule has 4 aromatic rings. The fourth-order valence-corrected chi connectivity index (χ4v) is 4.12. The van der Waals surface area contributed by atoms with Crippen molar-refractivity contribution in [1.82, 2.24) is 14.9 Å². The minimum atomic E-state index is -0.00422. The summed E-state index contributed by atoms with van der Waals surface area (Å²) in [6.07, 6.45) is 3.93. The lowest BCUT2D eigenvalue weighted by molar-refractivity contribution is 0.0953. The number of amides is 1. The molecule has 0 atom stereocenters. The van der Waals surface area contributed by atoms with Crippen molar-refractivity contribution in [2.45, 2.75) is 46.1 Å². The molecule has 34 heavy (non-hydrogen) atoms. The minimum absolute atomic E-state index is 0.00422. The molecule has 1 heterocycles. The van der Waals surface area contributed by atoms with E-state index in [1.807, 2.05) is 55.5 Å². The van der Waals surface area contributed by atoms with Crippen molar-refractivity contribution in [2.24, 2.45) is 0 Å². The Labute approximate surface area is 201 Å². The third-order valence-electron chi connectivity index (χ3n) is 6.08. The summed E-state index contributed by atoms with van der Waals surface area (Å²) in [5.74, 6) is 2.02. The molecular formula is C29H33N3O2. The van der Waals surface area contributed by atoms with Gasteiger partial charge in [0.05, 0.1) is 17.6 Å². The molecule has 1 amide bonds. The van der Waals surface area contributed by atoms with Crippen molar-refractivity contribution in [3.63, 3.8) is 0 Å². The number of carbonyl (C=O) groups is 1. The van der Waals surface area contributed by atoms with Gasteiger partial charge in [0.1, 0.15) is 18.2 Å². The van der Waals surface area contributed by atoms with Gasteiger partial charge in [-0.15, -0.1) is 0 Å². The lowest BCUT2D eigenvalue weighted by Gasteiger charge is -2.12. The van der Waals surface area contributed by atoms with Gasteiger partial charge < -0.3 is 14.6 Å². The molecule has 0 saturated carbocycles. The molecule has 3 aromatic carbocycles. The number of benzene rings is 3. The van der Waals surface area contributed by atoms with Gasteiger partial charge in [-0.05, 0) is 62.6 Å². The summed E-state index contributed by atoms with van der Waals surface area (Å²) < 4.78 is 8.33. The van der Waals surface area contributed by atoms with Crippen molar-refractivity contribution >= 4 is 16.9 Å². The number of carbonyl (C=O) groups excluding carboxylic acids is 1. The highest BCUT2D eigenvalue weighted by Crippen LogP contribution is 2.20. The first-order valence-electron chi connectivity index (χ1n) is 12.1. The van der Waals surface area contributed by atoms with Gasteiger partial charge in [-0.25, -0.2) is 4.98 Å². The first-order valence-corrected chi connectivity index (χ1v) is 12.1.